The summed E-state index contributed by atoms with van der Waals surface area (Å²) in [5.74, 6) is 5.94. The van der Waals surface area contributed by atoms with Gasteiger partial charge in [-0.15, -0.1) is 0 Å². The largest absolute Gasteiger partial charge is 0.343 e. The van der Waals surface area contributed by atoms with Crippen LogP contribution >= 0.6 is 0 Å². The van der Waals surface area contributed by atoms with Crippen LogP contribution in [0.25, 0.3) is 0 Å². The molecule has 1 fully saturated rings. The van der Waals surface area contributed by atoms with Gasteiger partial charge in [0.05, 0.1) is 0 Å². The second kappa shape index (κ2) is 9.75. The molecule has 20 heavy (non-hydrogen) atoms. The molecule has 1 rings (SSSR count). The monoisotopic (exact) mass is 283 g/mol. The number of carbonyl (C=O) groups is 2. The molecule has 5 nitrogen and oxygen atoms in total. The molecule has 1 atom stereocenters. The smallest absolute Gasteiger partial charge is 0.233 e. The molecule has 5 heteroatoms. The average molecular weight is 283 g/mol. The molecular weight excluding hydrogens is 254 g/mol. The molecule has 1 heterocycles. The van der Waals surface area contributed by atoms with Gasteiger partial charge in [0.25, 0.3) is 0 Å². The minimum Gasteiger partial charge on any atom is -0.343 e. The lowest BCUT2D eigenvalue weighted by molar-refractivity contribution is -0.130. The van der Waals surface area contributed by atoms with E-state index >= 15 is 0 Å². The minimum absolute atomic E-state index is 0.113. The van der Waals surface area contributed by atoms with Gasteiger partial charge in [0, 0.05) is 25.9 Å². The summed E-state index contributed by atoms with van der Waals surface area (Å²) >= 11 is 0. The first-order chi connectivity index (χ1) is 9.67. The van der Waals surface area contributed by atoms with E-state index in [4.69, 9.17) is 5.84 Å². The van der Waals surface area contributed by atoms with Crippen LogP contribution in [0.3, 0.4) is 0 Å². The van der Waals surface area contributed by atoms with E-state index in [1.807, 2.05) is 4.90 Å². The predicted molar refractivity (Wildman–Crippen MR) is 79.6 cm³/mol. The zero-order valence-corrected chi connectivity index (χ0v) is 12.7. The molecule has 116 valence electrons. The normalized spacial score (nSPS) is 19.8. The summed E-state index contributed by atoms with van der Waals surface area (Å²) in [5.41, 5.74) is 2.13. The molecule has 0 aliphatic carbocycles. The molecule has 0 radical (unpaired) electrons. The average Bonchev–Trinajstić information content (AvgIpc) is 2.62. The molecule has 0 bridgehead atoms. The Morgan fingerprint density at radius 1 is 1.35 bits per heavy atom. The fourth-order valence-corrected chi connectivity index (χ4v) is 2.86. The van der Waals surface area contributed by atoms with E-state index in [1.54, 1.807) is 0 Å². The first-order valence-corrected chi connectivity index (χ1v) is 7.94. The summed E-state index contributed by atoms with van der Waals surface area (Å²) in [5, 5.41) is 0. The highest BCUT2D eigenvalue weighted by Crippen LogP contribution is 2.22. The molecular formula is C15H29N3O2. The van der Waals surface area contributed by atoms with Crippen molar-refractivity contribution in [2.45, 2.75) is 64.7 Å². The van der Waals surface area contributed by atoms with Crippen LogP contribution in [0.1, 0.15) is 64.7 Å². The number of hydrogen-bond donors (Lipinski definition) is 2. The van der Waals surface area contributed by atoms with Crippen LogP contribution in [-0.2, 0) is 9.59 Å². The van der Waals surface area contributed by atoms with Crippen LogP contribution in [0.2, 0.25) is 0 Å². The van der Waals surface area contributed by atoms with Crippen molar-refractivity contribution in [1.82, 2.24) is 10.3 Å². The fourth-order valence-electron chi connectivity index (χ4n) is 2.86. The highest BCUT2D eigenvalue weighted by Gasteiger charge is 2.21. The summed E-state index contributed by atoms with van der Waals surface area (Å²) in [6.45, 7) is 3.96. The van der Waals surface area contributed by atoms with Gasteiger partial charge < -0.3 is 4.90 Å². The van der Waals surface area contributed by atoms with Crippen LogP contribution in [-0.4, -0.2) is 29.8 Å². The predicted octanol–water partition coefficient (Wildman–Crippen LogP) is 1.97. The van der Waals surface area contributed by atoms with Crippen LogP contribution in [0.15, 0.2) is 0 Å². The number of nitrogens with one attached hydrogen (secondary N) is 1. The van der Waals surface area contributed by atoms with Gasteiger partial charge in [0.1, 0.15) is 0 Å². The number of hydrazine groups is 1. The Bertz CT molecular complexity index is 307. The van der Waals surface area contributed by atoms with Gasteiger partial charge in [0.15, 0.2) is 0 Å². The first-order valence-electron chi connectivity index (χ1n) is 7.94. The molecule has 0 saturated carbocycles. The molecule has 1 aliphatic heterocycles. The summed E-state index contributed by atoms with van der Waals surface area (Å²) in [4.78, 5) is 25.0. The molecule has 0 aromatic carbocycles. The lowest BCUT2D eigenvalue weighted by atomic mass is 9.96. The molecule has 2 amide bonds. The maximum atomic E-state index is 12.0. The van der Waals surface area contributed by atoms with Crippen LogP contribution in [0, 0.1) is 5.92 Å². The Labute approximate surface area is 122 Å². The summed E-state index contributed by atoms with van der Waals surface area (Å²) in [6.07, 6.45) is 8.62. The van der Waals surface area contributed by atoms with E-state index in [0.29, 0.717) is 18.7 Å². The van der Waals surface area contributed by atoms with Crippen molar-refractivity contribution in [2.24, 2.45) is 11.8 Å². The zero-order chi connectivity index (χ0) is 14.8. The fraction of sp³-hybridized carbons (Fsp3) is 0.867. The lowest BCUT2D eigenvalue weighted by Crippen LogP contribution is -2.31. The molecule has 0 spiro atoms. The SMILES string of the molecule is CCCC1CCC(=O)N(CCCCCC(=O)NN)CC1. The van der Waals surface area contributed by atoms with Crippen molar-refractivity contribution in [3.8, 4) is 0 Å². The number of nitrogens with zero attached hydrogens (tertiary/aromatic N) is 1. The maximum absolute atomic E-state index is 12.0. The summed E-state index contributed by atoms with van der Waals surface area (Å²) in [7, 11) is 0. The molecule has 3 N–H and O–H groups in total. The minimum atomic E-state index is -0.113. The Kier molecular flexibility index (Phi) is 8.26. The van der Waals surface area contributed by atoms with Crippen molar-refractivity contribution < 1.29 is 9.59 Å². The topological polar surface area (TPSA) is 75.4 Å². The van der Waals surface area contributed by atoms with Gasteiger partial charge in [-0.05, 0) is 31.6 Å². The van der Waals surface area contributed by atoms with Crippen LogP contribution in [0.5, 0.6) is 0 Å². The van der Waals surface area contributed by atoms with Gasteiger partial charge in [-0.25, -0.2) is 5.84 Å². The van der Waals surface area contributed by atoms with E-state index in [-0.39, 0.29) is 5.91 Å². The van der Waals surface area contributed by atoms with E-state index in [0.717, 1.165) is 51.1 Å². The number of rotatable bonds is 8. The summed E-state index contributed by atoms with van der Waals surface area (Å²) < 4.78 is 0. The standard InChI is InChI=1S/C15H29N3O2/c1-2-6-13-8-9-15(20)18(12-10-13)11-5-3-4-7-14(19)17-16/h13H,2-12,16H2,1H3,(H,17,19). The number of likely N-dealkylation sites (tertiary alicyclic amines) is 1. The summed E-state index contributed by atoms with van der Waals surface area (Å²) in [6, 6.07) is 0. The van der Waals surface area contributed by atoms with Crippen molar-refractivity contribution in [3.63, 3.8) is 0 Å². The number of nitrogens with two attached hydrogens (primary N) is 1. The van der Waals surface area contributed by atoms with Gasteiger partial charge in [-0.2, -0.15) is 0 Å². The van der Waals surface area contributed by atoms with Crippen LogP contribution < -0.4 is 11.3 Å². The van der Waals surface area contributed by atoms with E-state index in [2.05, 4.69) is 12.3 Å². The van der Waals surface area contributed by atoms with Crippen LogP contribution in [0.4, 0.5) is 0 Å². The highest BCUT2D eigenvalue weighted by atomic mass is 16.2. The Morgan fingerprint density at radius 3 is 2.85 bits per heavy atom. The number of hydrogen-bond acceptors (Lipinski definition) is 3. The van der Waals surface area contributed by atoms with E-state index in [9.17, 15) is 9.59 Å². The number of amides is 2. The second-order valence-corrected chi connectivity index (χ2v) is 5.74. The molecule has 0 aromatic rings. The number of unbranched alkanes of at least 4 members (excludes halogenated alkanes) is 2. The third-order valence-corrected chi connectivity index (χ3v) is 4.12. The Morgan fingerprint density at radius 2 is 2.15 bits per heavy atom. The van der Waals surface area contributed by atoms with E-state index in [1.165, 1.54) is 12.8 Å². The van der Waals surface area contributed by atoms with Gasteiger partial charge in [0.2, 0.25) is 11.8 Å². The van der Waals surface area contributed by atoms with Crippen molar-refractivity contribution in [3.05, 3.63) is 0 Å². The first kappa shape index (κ1) is 17.0. The molecule has 1 aliphatic rings. The van der Waals surface area contributed by atoms with E-state index < -0.39 is 0 Å². The van der Waals surface area contributed by atoms with Gasteiger partial charge >= 0.3 is 0 Å². The number of carbonyl (C=O) groups excluding carboxylic acids is 2. The van der Waals surface area contributed by atoms with Crippen molar-refractivity contribution in [2.75, 3.05) is 13.1 Å². The van der Waals surface area contributed by atoms with Crippen molar-refractivity contribution in [1.29, 1.82) is 0 Å². The molecule has 1 unspecified atom stereocenters. The molecule has 0 aromatic heterocycles. The van der Waals surface area contributed by atoms with Crippen molar-refractivity contribution >= 4 is 11.8 Å². The molecule has 1 saturated heterocycles. The lowest BCUT2D eigenvalue weighted by Gasteiger charge is -2.20. The van der Waals surface area contributed by atoms with Gasteiger partial charge in [-0.3, -0.25) is 15.0 Å². The third-order valence-electron chi connectivity index (χ3n) is 4.12. The third kappa shape index (κ3) is 6.37. The quantitative estimate of drug-likeness (QED) is 0.309. The zero-order valence-electron chi connectivity index (χ0n) is 12.7. The highest BCUT2D eigenvalue weighted by molar-refractivity contribution is 5.76. The second-order valence-electron chi connectivity index (χ2n) is 5.74. The maximum Gasteiger partial charge on any atom is 0.233 e. The Balaban J connectivity index is 2.19. The van der Waals surface area contributed by atoms with Gasteiger partial charge in [-0.1, -0.05) is 26.2 Å². The Hall–Kier alpha value is -1.10.